The summed E-state index contributed by atoms with van der Waals surface area (Å²) in [6.07, 6.45) is 0. The van der Waals surface area contributed by atoms with Crippen molar-refractivity contribution in [3.8, 4) is 11.3 Å². The summed E-state index contributed by atoms with van der Waals surface area (Å²) in [4.78, 5) is 42.2. The van der Waals surface area contributed by atoms with E-state index in [0.29, 0.717) is 22.2 Å². The highest BCUT2D eigenvalue weighted by Crippen LogP contribution is 2.25. The molecule has 2 amide bonds. The molecule has 36 heavy (non-hydrogen) atoms. The van der Waals surface area contributed by atoms with Crippen molar-refractivity contribution in [3.63, 3.8) is 0 Å². The number of hydrogen-bond acceptors (Lipinski definition) is 5. The molecule has 1 heterocycles. The van der Waals surface area contributed by atoms with Crippen LogP contribution in [0.5, 0.6) is 0 Å². The summed E-state index contributed by atoms with van der Waals surface area (Å²) in [5, 5.41) is 5.95. The Morgan fingerprint density at radius 1 is 0.833 bits per heavy atom. The molecular weight excluding hydrogens is 454 g/mol. The first-order valence-electron chi connectivity index (χ1n) is 11.6. The first kappa shape index (κ1) is 24.6. The zero-order chi connectivity index (χ0) is 25.7. The Kier molecular flexibility index (Phi) is 7.39. The number of nitrogens with one attached hydrogen (secondary N) is 2. The molecule has 0 bridgehead atoms. The van der Waals surface area contributed by atoms with Crippen LogP contribution in [0.2, 0.25) is 0 Å². The van der Waals surface area contributed by atoms with Gasteiger partial charge in [-0.15, -0.1) is 0 Å². The summed E-state index contributed by atoms with van der Waals surface area (Å²) in [6, 6.07) is 22.4. The molecule has 4 rings (SSSR count). The number of fused-ring (bicyclic) bond motifs is 1. The van der Waals surface area contributed by atoms with Crippen LogP contribution in [0.25, 0.3) is 22.2 Å². The maximum atomic E-state index is 12.9. The summed E-state index contributed by atoms with van der Waals surface area (Å²) in [6.45, 7) is 5.08. The van der Waals surface area contributed by atoms with E-state index in [-0.39, 0.29) is 12.5 Å². The molecule has 4 aromatic rings. The summed E-state index contributed by atoms with van der Waals surface area (Å²) in [5.74, 6) is -1.58. The van der Waals surface area contributed by atoms with Crippen molar-refractivity contribution in [2.45, 2.75) is 20.8 Å². The van der Waals surface area contributed by atoms with Crippen molar-refractivity contribution in [2.75, 3.05) is 18.5 Å². The monoisotopic (exact) mass is 481 g/mol. The van der Waals surface area contributed by atoms with Crippen LogP contribution in [0.3, 0.4) is 0 Å². The van der Waals surface area contributed by atoms with Gasteiger partial charge in [-0.1, -0.05) is 66.2 Å². The molecule has 0 atom stereocenters. The van der Waals surface area contributed by atoms with E-state index in [9.17, 15) is 14.4 Å². The van der Waals surface area contributed by atoms with Crippen molar-refractivity contribution >= 4 is 34.4 Å². The van der Waals surface area contributed by atoms with E-state index in [1.165, 1.54) is 0 Å². The fourth-order valence-corrected chi connectivity index (χ4v) is 4.10. The standard InChI is InChI=1S/C29H27N3O4/c1-18-13-19(2)28(20(3)14-18)32-26(33)16-30-27(34)17-36-29(35)23-15-25(21-9-5-4-6-10-21)31-24-12-8-7-11-22(23)24/h4-15H,16-17H2,1-3H3,(H,30,34)(H,32,33). The number of pyridine rings is 1. The SMILES string of the molecule is Cc1cc(C)c(NC(=O)CNC(=O)COC(=O)c2cc(-c3ccccc3)nc3ccccc23)c(C)c1. The van der Waals surface area contributed by atoms with Crippen LogP contribution in [-0.2, 0) is 14.3 Å². The number of anilines is 1. The number of carbonyl (C=O) groups is 3. The largest absolute Gasteiger partial charge is 0.452 e. The van der Waals surface area contributed by atoms with Crippen LogP contribution in [0.1, 0.15) is 27.0 Å². The third-order valence-corrected chi connectivity index (χ3v) is 5.73. The molecule has 0 spiro atoms. The Balaban J connectivity index is 1.39. The molecule has 0 aliphatic heterocycles. The second kappa shape index (κ2) is 10.8. The minimum absolute atomic E-state index is 0.237. The molecule has 7 heteroatoms. The first-order chi connectivity index (χ1) is 17.3. The molecule has 0 unspecified atom stereocenters. The fourth-order valence-electron chi connectivity index (χ4n) is 4.10. The van der Waals surface area contributed by atoms with E-state index in [4.69, 9.17) is 4.74 Å². The number of hydrogen-bond donors (Lipinski definition) is 2. The molecule has 0 saturated carbocycles. The number of para-hydroxylation sites is 1. The highest BCUT2D eigenvalue weighted by molar-refractivity contribution is 6.05. The number of aromatic nitrogens is 1. The molecule has 0 radical (unpaired) electrons. The van der Waals surface area contributed by atoms with Crippen LogP contribution < -0.4 is 10.6 Å². The molecule has 0 aliphatic rings. The van der Waals surface area contributed by atoms with Gasteiger partial charge in [0, 0.05) is 16.6 Å². The first-order valence-corrected chi connectivity index (χ1v) is 11.6. The van der Waals surface area contributed by atoms with Crippen molar-refractivity contribution in [3.05, 3.63) is 95.1 Å². The number of benzene rings is 3. The Morgan fingerprint density at radius 2 is 1.50 bits per heavy atom. The lowest BCUT2D eigenvalue weighted by molar-refractivity contribution is -0.126. The average Bonchev–Trinajstić information content (AvgIpc) is 2.88. The van der Waals surface area contributed by atoms with Gasteiger partial charge in [-0.25, -0.2) is 9.78 Å². The van der Waals surface area contributed by atoms with Gasteiger partial charge >= 0.3 is 5.97 Å². The van der Waals surface area contributed by atoms with Crippen LogP contribution in [0.15, 0.2) is 72.8 Å². The van der Waals surface area contributed by atoms with Crippen molar-refractivity contribution in [2.24, 2.45) is 0 Å². The Morgan fingerprint density at radius 3 is 2.22 bits per heavy atom. The van der Waals surface area contributed by atoms with Crippen LogP contribution in [0.4, 0.5) is 5.69 Å². The third-order valence-electron chi connectivity index (χ3n) is 5.73. The second-order valence-electron chi connectivity index (χ2n) is 8.61. The van der Waals surface area contributed by atoms with Gasteiger partial charge < -0.3 is 15.4 Å². The average molecular weight is 482 g/mol. The lowest BCUT2D eigenvalue weighted by atomic mass is 10.0. The predicted molar refractivity (Wildman–Crippen MR) is 140 cm³/mol. The van der Waals surface area contributed by atoms with E-state index in [1.807, 2.05) is 81.4 Å². The van der Waals surface area contributed by atoms with Gasteiger partial charge in [-0.05, 0) is 44.0 Å². The normalized spacial score (nSPS) is 10.6. The topological polar surface area (TPSA) is 97.4 Å². The molecule has 0 saturated heterocycles. The zero-order valence-electron chi connectivity index (χ0n) is 20.4. The number of nitrogens with zero attached hydrogens (tertiary/aromatic N) is 1. The lowest BCUT2D eigenvalue weighted by Gasteiger charge is -2.13. The molecule has 0 aliphatic carbocycles. The molecule has 0 fully saturated rings. The van der Waals surface area contributed by atoms with Crippen LogP contribution in [0, 0.1) is 20.8 Å². The number of ether oxygens (including phenoxy) is 1. The number of carbonyl (C=O) groups excluding carboxylic acids is 3. The van der Waals surface area contributed by atoms with Gasteiger partial charge in [0.05, 0.1) is 23.3 Å². The third kappa shape index (κ3) is 5.75. The van der Waals surface area contributed by atoms with E-state index in [0.717, 1.165) is 27.9 Å². The molecule has 182 valence electrons. The van der Waals surface area contributed by atoms with Gasteiger partial charge in [0.1, 0.15) is 0 Å². The van der Waals surface area contributed by atoms with E-state index in [2.05, 4.69) is 15.6 Å². The van der Waals surface area contributed by atoms with E-state index < -0.39 is 18.5 Å². The minimum atomic E-state index is -0.642. The van der Waals surface area contributed by atoms with E-state index in [1.54, 1.807) is 12.1 Å². The quantitative estimate of drug-likeness (QED) is 0.372. The fraction of sp³-hybridized carbons (Fsp3) is 0.172. The summed E-state index contributed by atoms with van der Waals surface area (Å²) >= 11 is 0. The van der Waals surface area contributed by atoms with Gasteiger partial charge in [-0.2, -0.15) is 0 Å². The predicted octanol–water partition coefficient (Wildman–Crippen LogP) is 4.74. The van der Waals surface area contributed by atoms with Crippen LogP contribution in [-0.4, -0.2) is 35.9 Å². The van der Waals surface area contributed by atoms with Gasteiger partial charge in [0.25, 0.3) is 5.91 Å². The Hall–Kier alpha value is -4.52. The van der Waals surface area contributed by atoms with Gasteiger partial charge in [0.2, 0.25) is 5.91 Å². The Labute approximate surface area is 209 Å². The summed E-state index contributed by atoms with van der Waals surface area (Å²) < 4.78 is 5.28. The van der Waals surface area contributed by atoms with Gasteiger partial charge in [-0.3, -0.25) is 9.59 Å². The van der Waals surface area contributed by atoms with Crippen molar-refractivity contribution in [1.29, 1.82) is 0 Å². The number of aryl methyl sites for hydroxylation is 3. The summed E-state index contributed by atoms with van der Waals surface area (Å²) in [5.41, 5.74) is 6.18. The number of amides is 2. The van der Waals surface area contributed by atoms with Crippen LogP contribution >= 0.6 is 0 Å². The second-order valence-corrected chi connectivity index (χ2v) is 8.61. The number of rotatable bonds is 7. The Bertz CT molecular complexity index is 1420. The zero-order valence-corrected chi connectivity index (χ0v) is 20.4. The highest BCUT2D eigenvalue weighted by atomic mass is 16.5. The molecule has 7 nitrogen and oxygen atoms in total. The molecule has 2 N–H and O–H groups in total. The number of esters is 1. The molecule has 3 aromatic carbocycles. The van der Waals surface area contributed by atoms with Crippen molar-refractivity contribution < 1.29 is 19.1 Å². The van der Waals surface area contributed by atoms with E-state index >= 15 is 0 Å². The smallest absolute Gasteiger partial charge is 0.339 e. The van der Waals surface area contributed by atoms with Gasteiger partial charge in [0.15, 0.2) is 6.61 Å². The molecule has 1 aromatic heterocycles. The minimum Gasteiger partial charge on any atom is -0.452 e. The highest BCUT2D eigenvalue weighted by Gasteiger charge is 2.17. The maximum Gasteiger partial charge on any atom is 0.339 e. The maximum absolute atomic E-state index is 12.9. The van der Waals surface area contributed by atoms with Crippen molar-refractivity contribution in [1.82, 2.24) is 10.3 Å². The lowest BCUT2D eigenvalue weighted by Crippen LogP contribution is -2.35. The molecular formula is C29H27N3O4. The summed E-state index contributed by atoms with van der Waals surface area (Å²) in [7, 11) is 0.